The number of para-hydroxylation sites is 2. The highest BCUT2D eigenvalue weighted by molar-refractivity contribution is 5.76. The maximum atomic E-state index is 12.4. The van der Waals surface area contributed by atoms with Crippen LogP contribution < -0.4 is 15.2 Å². The van der Waals surface area contributed by atoms with Gasteiger partial charge in [0.2, 0.25) is 6.29 Å². The minimum atomic E-state index is -1.04. The first kappa shape index (κ1) is 23.8. The Kier molecular flexibility index (Phi) is 9.19. The number of nitrogens with zero attached hydrogens (tertiary/aromatic N) is 1. The summed E-state index contributed by atoms with van der Waals surface area (Å²) in [7, 11) is 0. The fourth-order valence-corrected chi connectivity index (χ4v) is 2.77. The molecule has 1 heterocycles. The maximum absolute atomic E-state index is 12.4. The molecule has 1 aliphatic heterocycles. The topological polar surface area (TPSA) is 110 Å². The first-order valence-electron chi connectivity index (χ1n) is 10.2. The molecule has 1 aliphatic rings. The second-order valence-electron chi connectivity index (χ2n) is 7.29. The van der Waals surface area contributed by atoms with Crippen LogP contribution in [0.4, 0.5) is 4.79 Å². The first-order chi connectivity index (χ1) is 14.3. The summed E-state index contributed by atoms with van der Waals surface area (Å²) in [4.78, 5) is 25.8. The van der Waals surface area contributed by atoms with E-state index in [1.807, 2.05) is 45.0 Å². The van der Waals surface area contributed by atoms with Gasteiger partial charge in [-0.05, 0) is 25.0 Å². The van der Waals surface area contributed by atoms with E-state index in [9.17, 15) is 9.59 Å². The summed E-state index contributed by atoms with van der Waals surface area (Å²) in [6, 6.07) is 6.61. The average Bonchev–Trinajstić information content (AvgIpc) is 2.72. The smallest absolute Gasteiger partial charge is 0.413 e. The highest BCUT2D eigenvalue weighted by Gasteiger charge is 2.28. The Morgan fingerprint density at radius 3 is 2.47 bits per heavy atom. The Morgan fingerprint density at radius 2 is 1.83 bits per heavy atom. The van der Waals surface area contributed by atoms with Crippen molar-refractivity contribution in [2.45, 2.75) is 46.1 Å². The lowest BCUT2D eigenvalue weighted by Crippen LogP contribution is -2.48. The number of benzene rings is 1. The molecule has 1 saturated heterocycles. The van der Waals surface area contributed by atoms with Gasteiger partial charge in [0, 0.05) is 13.5 Å². The number of carbonyl (C=O) groups excluding carboxylic acids is 2. The summed E-state index contributed by atoms with van der Waals surface area (Å²) in [5.41, 5.74) is 5.75. The zero-order chi connectivity index (χ0) is 22.1. The van der Waals surface area contributed by atoms with Crippen LogP contribution >= 0.6 is 0 Å². The second-order valence-corrected chi connectivity index (χ2v) is 7.29. The Labute approximate surface area is 177 Å². The molecule has 0 spiro atoms. The molecule has 0 unspecified atom stereocenters. The molecule has 30 heavy (non-hydrogen) atoms. The summed E-state index contributed by atoms with van der Waals surface area (Å²) >= 11 is 0. The Morgan fingerprint density at radius 1 is 1.17 bits per heavy atom. The summed E-state index contributed by atoms with van der Waals surface area (Å²) in [6.45, 7) is 8.80. The standard InChI is InChI=1S/C21H32N2O7/c1-5-26-17-8-6-7-9-18(17)28-13-16-12-23(10-11-27-16)21(25)30-15(4)29-20(24)19(22)14(2)3/h6-9,14-16,19H,5,10-13,22H2,1-4H3/t15-,16+,19-/m1/s1. The zero-order valence-corrected chi connectivity index (χ0v) is 18.0. The van der Waals surface area contributed by atoms with Crippen molar-refractivity contribution in [3.8, 4) is 11.5 Å². The fourth-order valence-electron chi connectivity index (χ4n) is 2.77. The zero-order valence-electron chi connectivity index (χ0n) is 18.0. The van der Waals surface area contributed by atoms with Crippen LogP contribution in [0.25, 0.3) is 0 Å². The highest BCUT2D eigenvalue weighted by atomic mass is 16.7. The molecule has 0 saturated carbocycles. The summed E-state index contributed by atoms with van der Waals surface area (Å²) in [6.07, 6.45) is -1.95. The SMILES string of the molecule is CCOc1ccccc1OC[C@@H]1CN(C(=O)O[C@H](C)OC(=O)[C@H](N)C(C)C)CCO1. The number of morpholine rings is 1. The molecule has 9 nitrogen and oxygen atoms in total. The molecule has 0 aliphatic carbocycles. The molecular weight excluding hydrogens is 392 g/mol. The second kappa shape index (κ2) is 11.6. The lowest BCUT2D eigenvalue weighted by Gasteiger charge is -2.32. The molecular formula is C21H32N2O7. The third kappa shape index (κ3) is 7.07. The van der Waals surface area contributed by atoms with Crippen LogP contribution in [-0.4, -0.2) is 68.3 Å². The van der Waals surface area contributed by atoms with Gasteiger partial charge in [-0.1, -0.05) is 26.0 Å². The third-order valence-corrected chi connectivity index (χ3v) is 4.51. The molecule has 168 valence electrons. The molecule has 1 amide bonds. The average molecular weight is 424 g/mol. The van der Waals surface area contributed by atoms with E-state index in [2.05, 4.69) is 0 Å². The normalized spacial score (nSPS) is 18.5. The summed E-state index contributed by atoms with van der Waals surface area (Å²) in [5.74, 6) is 0.590. The van der Waals surface area contributed by atoms with E-state index in [1.54, 1.807) is 0 Å². The van der Waals surface area contributed by atoms with E-state index in [0.717, 1.165) is 0 Å². The monoisotopic (exact) mass is 424 g/mol. The molecule has 0 radical (unpaired) electrons. The highest BCUT2D eigenvalue weighted by Crippen LogP contribution is 2.26. The molecule has 2 N–H and O–H groups in total. The molecule has 0 bridgehead atoms. The van der Waals surface area contributed by atoms with E-state index in [4.69, 9.17) is 29.4 Å². The van der Waals surface area contributed by atoms with Gasteiger partial charge in [-0.2, -0.15) is 0 Å². The van der Waals surface area contributed by atoms with Crippen LogP contribution in [0.5, 0.6) is 11.5 Å². The minimum Gasteiger partial charge on any atom is -0.490 e. The van der Waals surface area contributed by atoms with Gasteiger partial charge in [-0.3, -0.25) is 4.79 Å². The van der Waals surface area contributed by atoms with E-state index in [0.29, 0.717) is 37.8 Å². The quantitative estimate of drug-likeness (QED) is 0.474. The van der Waals surface area contributed by atoms with Crippen molar-refractivity contribution in [2.75, 3.05) is 32.9 Å². The number of amides is 1. The van der Waals surface area contributed by atoms with Gasteiger partial charge in [0.15, 0.2) is 11.5 Å². The maximum Gasteiger partial charge on any atom is 0.413 e. The molecule has 0 aromatic heterocycles. The fraction of sp³-hybridized carbons (Fsp3) is 0.619. The Bertz CT molecular complexity index is 698. The molecule has 1 fully saturated rings. The van der Waals surface area contributed by atoms with Gasteiger partial charge in [-0.15, -0.1) is 0 Å². The molecule has 2 rings (SSSR count). The molecule has 1 aromatic rings. The predicted octanol–water partition coefficient (Wildman–Crippen LogP) is 2.17. The number of carbonyl (C=O) groups is 2. The number of ether oxygens (including phenoxy) is 5. The van der Waals surface area contributed by atoms with Gasteiger partial charge in [-0.25, -0.2) is 4.79 Å². The Balaban J connectivity index is 1.82. The van der Waals surface area contributed by atoms with Gasteiger partial charge in [0.05, 0.1) is 19.8 Å². The van der Waals surface area contributed by atoms with Crippen molar-refractivity contribution in [3.63, 3.8) is 0 Å². The summed E-state index contributed by atoms with van der Waals surface area (Å²) < 4.78 is 27.4. The van der Waals surface area contributed by atoms with Crippen LogP contribution in [0.3, 0.4) is 0 Å². The number of hydrogen-bond donors (Lipinski definition) is 1. The van der Waals surface area contributed by atoms with Crippen molar-refractivity contribution < 1.29 is 33.3 Å². The van der Waals surface area contributed by atoms with E-state index < -0.39 is 24.4 Å². The van der Waals surface area contributed by atoms with Crippen LogP contribution in [0, 0.1) is 5.92 Å². The lowest BCUT2D eigenvalue weighted by atomic mass is 10.1. The van der Waals surface area contributed by atoms with Crippen molar-refractivity contribution in [1.29, 1.82) is 0 Å². The third-order valence-electron chi connectivity index (χ3n) is 4.51. The number of hydrogen-bond acceptors (Lipinski definition) is 8. The van der Waals surface area contributed by atoms with Crippen molar-refractivity contribution in [1.82, 2.24) is 4.90 Å². The molecule has 9 heteroatoms. The summed E-state index contributed by atoms with van der Waals surface area (Å²) in [5, 5.41) is 0. The van der Waals surface area contributed by atoms with Crippen molar-refractivity contribution in [3.05, 3.63) is 24.3 Å². The minimum absolute atomic E-state index is 0.0757. The van der Waals surface area contributed by atoms with Gasteiger partial charge in [0.25, 0.3) is 0 Å². The van der Waals surface area contributed by atoms with Crippen molar-refractivity contribution >= 4 is 12.1 Å². The van der Waals surface area contributed by atoms with Crippen LogP contribution in [-0.2, 0) is 19.0 Å². The van der Waals surface area contributed by atoms with E-state index in [1.165, 1.54) is 11.8 Å². The van der Waals surface area contributed by atoms with Gasteiger partial charge < -0.3 is 34.3 Å². The van der Waals surface area contributed by atoms with E-state index in [-0.39, 0.29) is 18.6 Å². The Hall–Kier alpha value is -2.52. The van der Waals surface area contributed by atoms with Gasteiger partial charge in [0.1, 0.15) is 18.8 Å². The van der Waals surface area contributed by atoms with Crippen LogP contribution in [0.15, 0.2) is 24.3 Å². The van der Waals surface area contributed by atoms with Crippen LogP contribution in [0.2, 0.25) is 0 Å². The van der Waals surface area contributed by atoms with Crippen LogP contribution in [0.1, 0.15) is 27.7 Å². The lowest BCUT2D eigenvalue weighted by molar-refractivity contribution is -0.169. The number of esters is 1. The predicted molar refractivity (Wildman–Crippen MR) is 109 cm³/mol. The number of rotatable bonds is 9. The number of nitrogens with two attached hydrogens (primary N) is 1. The first-order valence-corrected chi connectivity index (χ1v) is 10.2. The van der Waals surface area contributed by atoms with Gasteiger partial charge >= 0.3 is 12.1 Å². The molecule has 1 aromatic carbocycles. The largest absolute Gasteiger partial charge is 0.490 e. The molecule has 3 atom stereocenters. The van der Waals surface area contributed by atoms with Crippen molar-refractivity contribution in [2.24, 2.45) is 11.7 Å². The van der Waals surface area contributed by atoms with E-state index >= 15 is 0 Å².